The zero-order valence-electron chi connectivity index (χ0n) is 11.0. The maximum Gasteiger partial charge on any atom is 0.227 e. The topological polar surface area (TPSA) is 64.3 Å². The first-order chi connectivity index (χ1) is 9.15. The maximum atomic E-state index is 13.6. The SMILES string of the molecule is COc1ccc(F)c(NC(=O)C2CCCC2CN)c1. The molecule has 2 rings (SSSR count). The minimum atomic E-state index is -0.462. The van der Waals surface area contributed by atoms with Gasteiger partial charge in [0.25, 0.3) is 0 Å². The van der Waals surface area contributed by atoms with Crippen LogP contribution < -0.4 is 15.8 Å². The lowest BCUT2D eigenvalue weighted by Gasteiger charge is -2.17. The van der Waals surface area contributed by atoms with Gasteiger partial charge in [0.05, 0.1) is 12.8 Å². The lowest BCUT2D eigenvalue weighted by atomic mass is 9.95. The summed E-state index contributed by atoms with van der Waals surface area (Å²) in [6.45, 7) is 0.499. The van der Waals surface area contributed by atoms with Gasteiger partial charge in [-0.1, -0.05) is 6.42 Å². The monoisotopic (exact) mass is 266 g/mol. The molecule has 4 nitrogen and oxygen atoms in total. The van der Waals surface area contributed by atoms with Crippen molar-refractivity contribution in [3.8, 4) is 5.75 Å². The van der Waals surface area contributed by atoms with E-state index in [1.54, 1.807) is 0 Å². The van der Waals surface area contributed by atoms with Gasteiger partial charge in [-0.15, -0.1) is 0 Å². The van der Waals surface area contributed by atoms with E-state index < -0.39 is 5.82 Å². The molecule has 2 atom stereocenters. The molecule has 1 aliphatic carbocycles. The van der Waals surface area contributed by atoms with E-state index >= 15 is 0 Å². The van der Waals surface area contributed by atoms with E-state index in [1.165, 1.54) is 25.3 Å². The summed E-state index contributed by atoms with van der Waals surface area (Å²) in [4.78, 5) is 12.2. The fourth-order valence-electron chi connectivity index (χ4n) is 2.62. The molecule has 1 amide bonds. The molecule has 2 unspecified atom stereocenters. The number of carbonyl (C=O) groups is 1. The van der Waals surface area contributed by atoms with Crippen molar-refractivity contribution >= 4 is 11.6 Å². The molecule has 1 fully saturated rings. The van der Waals surface area contributed by atoms with E-state index in [-0.39, 0.29) is 23.4 Å². The van der Waals surface area contributed by atoms with Crippen LogP contribution in [-0.2, 0) is 4.79 Å². The lowest BCUT2D eigenvalue weighted by molar-refractivity contribution is -0.120. The Kier molecular flexibility index (Phi) is 4.37. The molecular weight excluding hydrogens is 247 g/mol. The Morgan fingerprint density at radius 2 is 2.32 bits per heavy atom. The quantitative estimate of drug-likeness (QED) is 0.877. The number of nitrogens with two attached hydrogens (primary N) is 1. The molecular formula is C14H19FN2O2. The highest BCUT2D eigenvalue weighted by molar-refractivity contribution is 5.93. The van der Waals surface area contributed by atoms with Gasteiger partial charge >= 0.3 is 0 Å². The van der Waals surface area contributed by atoms with Crippen molar-refractivity contribution in [2.75, 3.05) is 19.0 Å². The molecule has 0 saturated heterocycles. The van der Waals surface area contributed by atoms with Crippen molar-refractivity contribution in [3.05, 3.63) is 24.0 Å². The molecule has 1 saturated carbocycles. The normalized spacial score (nSPS) is 22.3. The number of nitrogens with one attached hydrogen (secondary N) is 1. The number of rotatable bonds is 4. The van der Waals surface area contributed by atoms with Crippen molar-refractivity contribution in [2.45, 2.75) is 19.3 Å². The summed E-state index contributed by atoms with van der Waals surface area (Å²) in [5, 5.41) is 2.64. The molecule has 19 heavy (non-hydrogen) atoms. The number of benzene rings is 1. The fourth-order valence-corrected chi connectivity index (χ4v) is 2.62. The molecule has 1 aromatic carbocycles. The second kappa shape index (κ2) is 6.02. The lowest BCUT2D eigenvalue weighted by Crippen LogP contribution is -2.30. The molecule has 0 bridgehead atoms. The average molecular weight is 266 g/mol. The van der Waals surface area contributed by atoms with Crippen LogP contribution in [-0.4, -0.2) is 19.6 Å². The molecule has 0 spiro atoms. The van der Waals surface area contributed by atoms with Crippen molar-refractivity contribution in [1.29, 1.82) is 0 Å². The third kappa shape index (κ3) is 3.04. The molecule has 0 radical (unpaired) electrons. The van der Waals surface area contributed by atoms with Gasteiger partial charge in [0.2, 0.25) is 5.91 Å². The minimum absolute atomic E-state index is 0.115. The molecule has 3 N–H and O–H groups in total. The van der Waals surface area contributed by atoms with E-state index in [0.29, 0.717) is 12.3 Å². The van der Waals surface area contributed by atoms with Crippen LogP contribution in [0.1, 0.15) is 19.3 Å². The summed E-state index contributed by atoms with van der Waals surface area (Å²) in [5.41, 5.74) is 5.82. The van der Waals surface area contributed by atoms with Crippen LogP contribution >= 0.6 is 0 Å². The Morgan fingerprint density at radius 3 is 3.00 bits per heavy atom. The van der Waals surface area contributed by atoms with Gasteiger partial charge in [0, 0.05) is 12.0 Å². The summed E-state index contributed by atoms with van der Waals surface area (Å²) >= 11 is 0. The summed E-state index contributed by atoms with van der Waals surface area (Å²) < 4.78 is 18.7. The van der Waals surface area contributed by atoms with Gasteiger partial charge in [0.1, 0.15) is 11.6 Å². The number of hydrogen-bond donors (Lipinski definition) is 2. The third-order valence-electron chi connectivity index (χ3n) is 3.73. The predicted molar refractivity (Wildman–Crippen MR) is 71.5 cm³/mol. The van der Waals surface area contributed by atoms with Crippen LogP contribution in [0.2, 0.25) is 0 Å². The first-order valence-corrected chi connectivity index (χ1v) is 6.50. The van der Waals surface area contributed by atoms with Gasteiger partial charge in [-0.2, -0.15) is 0 Å². The van der Waals surface area contributed by atoms with Crippen LogP contribution in [0.25, 0.3) is 0 Å². The number of carbonyl (C=O) groups excluding carboxylic acids is 1. The number of halogens is 1. The van der Waals surface area contributed by atoms with E-state index in [9.17, 15) is 9.18 Å². The van der Waals surface area contributed by atoms with Crippen LogP contribution in [0.4, 0.5) is 10.1 Å². The standard InChI is InChI=1S/C14H19FN2O2/c1-19-10-5-6-12(15)13(7-10)17-14(18)11-4-2-3-9(11)8-16/h5-7,9,11H,2-4,8,16H2,1H3,(H,17,18). The summed E-state index contributed by atoms with van der Waals surface area (Å²) in [5.74, 6) is -0.0145. The average Bonchev–Trinajstić information content (AvgIpc) is 2.89. The molecule has 104 valence electrons. The molecule has 0 heterocycles. The van der Waals surface area contributed by atoms with E-state index in [0.717, 1.165) is 19.3 Å². The van der Waals surface area contributed by atoms with Gasteiger partial charge < -0.3 is 15.8 Å². The summed E-state index contributed by atoms with van der Waals surface area (Å²) in [7, 11) is 1.50. The molecule has 1 aliphatic rings. The highest BCUT2D eigenvalue weighted by Gasteiger charge is 2.32. The zero-order valence-corrected chi connectivity index (χ0v) is 11.0. The van der Waals surface area contributed by atoms with Crippen LogP contribution in [0, 0.1) is 17.7 Å². The first kappa shape index (κ1) is 13.8. The van der Waals surface area contributed by atoms with Crippen molar-refractivity contribution in [1.82, 2.24) is 0 Å². The number of hydrogen-bond acceptors (Lipinski definition) is 3. The minimum Gasteiger partial charge on any atom is -0.497 e. The third-order valence-corrected chi connectivity index (χ3v) is 3.73. The molecule has 5 heteroatoms. The van der Waals surface area contributed by atoms with Gasteiger partial charge in [-0.3, -0.25) is 4.79 Å². The van der Waals surface area contributed by atoms with Crippen LogP contribution in [0.15, 0.2) is 18.2 Å². The van der Waals surface area contributed by atoms with Gasteiger partial charge in [0.15, 0.2) is 0 Å². The van der Waals surface area contributed by atoms with Crippen LogP contribution in [0.3, 0.4) is 0 Å². The first-order valence-electron chi connectivity index (χ1n) is 6.50. The largest absolute Gasteiger partial charge is 0.497 e. The predicted octanol–water partition coefficient (Wildman–Crippen LogP) is 2.15. The maximum absolute atomic E-state index is 13.6. The highest BCUT2D eigenvalue weighted by atomic mass is 19.1. The number of anilines is 1. The van der Waals surface area contributed by atoms with E-state index in [2.05, 4.69) is 5.32 Å². The van der Waals surface area contributed by atoms with E-state index in [1.807, 2.05) is 0 Å². The van der Waals surface area contributed by atoms with Crippen molar-refractivity contribution < 1.29 is 13.9 Å². The Bertz CT molecular complexity index is 465. The molecule has 0 aliphatic heterocycles. The van der Waals surface area contributed by atoms with Crippen molar-refractivity contribution in [3.63, 3.8) is 0 Å². The Morgan fingerprint density at radius 1 is 1.53 bits per heavy atom. The Balaban J connectivity index is 2.10. The highest BCUT2D eigenvalue weighted by Crippen LogP contribution is 2.32. The van der Waals surface area contributed by atoms with Gasteiger partial charge in [-0.05, 0) is 37.4 Å². The summed E-state index contributed by atoms with van der Waals surface area (Å²) in [6, 6.07) is 4.28. The van der Waals surface area contributed by atoms with Gasteiger partial charge in [-0.25, -0.2) is 4.39 Å². The van der Waals surface area contributed by atoms with E-state index in [4.69, 9.17) is 10.5 Å². The zero-order chi connectivity index (χ0) is 13.8. The second-order valence-corrected chi connectivity index (χ2v) is 4.87. The summed E-state index contributed by atoms with van der Waals surface area (Å²) in [6.07, 6.45) is 2.79. The fraction of sp³-hybridized carbons (Fsp3) is 0.500. The second-order valence-electron chi connectivity index (χ2n) is 4.87. The number of ether oxygens (including phenoxy) is 1. The number of amides is 1. The van der Waals surface area contributed by atoms with Crippen LogP contribution in [0.5, 0.6) is 5.75 Å². The Labute approximate surface area is 112 Å². The smallest absolute Gasteiger partial charge is 0.227 e. The number of methoxy groups -OCH3 is 1. The van der Waals surface area contributed by atoms with Crippen molar-refractivity contribution in [2.24, 2.45) is 17.6 Å². The Hall–Kier alpha value is -1.62. The molecule has 1 aromatic rings. The molecule has 0 aromatic heterocycles.